The van der Waals surface area contributed by atoms with Crippen molar-refractivity contribution >= 4 is 0 Å². The van der Waals surface area contributed by atoms with E-state index >= 15 is 0 Å². The fourth-order valence-corrected chi connectivity index (χ4v) is 2.19. The number of nitrogens with one attached hydrogen (secondary N) is 1. The molecule has 0 radical (unpaired) electrons. The van der Waals surface area contributed by atoms with E-state index in [0.717, 1.165) is 44.0 Å². The van der Waals surface area contributed by atoms with Crippen LogP contribution in [0.3, 0.4) is 0 Å². The number of likely N-dealkylation sites (N-methyl/N-ethyl adjacent to an activating group) is 1. The van der Waals surface area contributed by atoms with E-state index in [0.29, 0.717) is 0 Å². The van der Waals surface area contributed by atoms with Crippen LogP contribution in [-0.4, -0.2) is 35.0 Å². The summed E-state index contributed by atoms with van der Waals surface area (Å²) in [6.07, 6.45) is 4.73. The van der Waals surface area contributed by atoms with Gasteiger partial charge in [-0.25, -0.2) is 0 Å². The van der Waals surface area contributed by atoms with E-state index in [1.165, 1.54) is 5.56 Å². The highest BCUT2D eigenvalue weighted by atomic mass is 15.1. The molecule has 4 heteroatoms. The van der Waals surface area contributed by atoms with Gasteiger partial charge in [0, 0.05) is 32.0 Å². The molecule has 112 valence electrons. The zero-order chi connectivity index (χ0) is 14.9. The minimum Gasteiger partial charge on any atom is -0.311 e. The van der Waals surface area contributed by atoms with Gasteiger partial charge in [-0.3, -0.25) is 9.97 Å². The number of aromatic nitrogens is 2. The SMILES string of the molecule is CCNCc1cccc(CN(C)CCc2ccncc2)n1. The third kappa shape index (κ3) is 5.61. The smallest absolute Gasteiger partial charge is 0.0547 e. The van der Waals surface area contributed by atoms with Gasteiger partial charge in [0.2, 0.25) is 0 Å². The molecule has 1 N–H and O–H groups in total. The van der Waals surface area contributed by atoms with Gasteiger partial charge in [-0.1, -0.05) is 13.0 Å². The summed E-state index contributed by atoms with van der Waals surface area (Å²) in [6.45, 7) is 5.81. The first-order valence-electron chi connectivity index (χ1n) is 7.51. The summed E-state index contributed by atoms with van der Waals surface area (Å²) in [5.74, 6) is 0. The maximum Gasteiger partial charge on any atom is 0.0547 e. The Morgan fingerprint density at radius 1 is 1.10 bits per heavy atom. The topological polar surface area (TPSA) is 41.0 Å². The van der Waals surface area contributed by atoms with Crippen molar-refractivity contribution in [1.29, 1.82) is 0 Å². The lowest BCUT2D eigenvalue weighted by Crippen LogP contribution is -2.22. The first kappa shape index (κ1) is 15.6. The predicted molar refractivity (Wildman–Crippen MR) is 85.9 cm³/mol. The van der Waals surface area contributed by atoms with E-state index in [1.54, 1.807) is 0 Å². The van der Waals surface area contributed by atoms with E-state index in [4.69, 9.17) is 4.98 Å². The standard InChI is InChI=1S/C17H24N4/c1-3-18-13-16-5-4-6-17(20-16)14-21(2)12-9-15-7-10-19-11-8-15/h4-8,10-11,18H,3,9,12-14H2,1-2H3. The molecule has 0 aliphatic rings. The molecule has 0 saturated carbocycles. The normalized spacial score (nSPS) is 11.0. The van der Waals surface area contributed by atoms with Crippen LogP contribution in [0.15, 0.2) is 42.7 Å². The molecule has 0 spiro atoms. The summed E-state index contributed by atoms with van der Waals surface area (Å²) in [5.41, 5.74) is 3.56. The lowest BCUT2D eigenvalue weighted by Gasteiger charge is -2.16. The minimum absolute atomic E-state index is 0.838. The average Bonchev–Trinajstić information content (AvgIpc) is 2.52. The summed E-state index contributed by atoms with van der Waals surface area (Å²) < 4.78 is 0. The van der Waals surface area contributed by atoms with Crippen molar-refractivity contribution in [2.24, 2.45) is 0 Å². The zero-order valence-electron chi connectivity index (χ0n) is 12.9. The van der Waals surface area contributed by atoms with Crippen molar-refractivity contribution in [3.63, 3.8) is 0 Å². The Morgan fingerprint density at radius 2 is 1.86 bits per heavy atom. The highest BCUT2D eigenvalue weighted by Gasteiger charge is 2.03. The van der Waals surface area contributed by atoms with Gasteiger partial charge < -0.3 is 10.2 Å². The van der Waals surface area contributed by atoms with Crippen molar-refractivity contribution in [3.8, 4) is 0 Å². The molecule has 0 aromatic carbocycles. The fraction of sp³-hybridized carbons (Fsp3) is 0.412. The molecule has 0 saturated heterocycles. The van der Waals surface area contributed by atoms with Gasteiger partial charge in [0.05, 0.1) is 11.4 Å². The van der Waals surface area contributed by atoms with Crippen LogP contribution in [0.2, 0.25) is 0 Å². The Hall–Kier alpha value is -1.78. The molecule has 0 aliphatic carbocycles. The maximum absolute atomic E-state index is 4.69. The summed E-state index contributed by atoms with van der Waals surface area (Å²) in [6, 6.07) is 10.4. The van der Waals surface area contributed by atoms with Crippen LogP contribution in [0.5, 0.6) is 0 Å². The molecule has 0 amide bonds. The van der Waals surface area contributed by atoms with E-state index < -0.39 is 0 Å². The summed E-state index contributed by atoms with van der Waals surface area (Å²) in [4.78, 5) is 11.0. The van der Waals surface area contributed by atoms with Gasteiger partial charge in [-0.05, 0) is 49.8 Å². The lowest BCUT2D eigenvalue weighted by atomic mass is 10.2. The Balaban J connectivity index is 1.83. The van der Waals surface area contributed by atoms with Crippen LogP contribution < -0.4 is 5.32 Å². The van der Waals surface area contributed by atoms with Crippen molar-refractivity contribution in [3.05, 3.63) is 59.7 Å². The zero-order valence-corrected chi connectivity index (χ0v) is 12.9. The maximum atomic E-state index is 4.69. The van der Waals surface area contributed by atoms with Gasteiger partial charge in [-0.15, -0.1) is 0 Å². The number of nitrogens with zero attached hydrogens (tertiary/aromatic N) is 3. The molecule has 0 atom stereocenters. The average molecular weight is 284 g/mol. The fourth-order valence-electron chi connectivity index (χ4n) is 2.19. The Bertz CT molecular complexity index is 527. The molecule has 4 nitrogen and oxygen atoms in total. The first-order chi connectivity index (χ1) is 10.3. The minimum atomic E-state index is 0.838. The van der Waals surface area contributed by atoms with Crippen molar-refractivity contribution < 1.29 is 0 Å². The largest absolute Gasteiger partial charge is 0.311 e. The summed E-state index contributed by atoms with van der Waals surface area (Å²) >= 11 is 0. The number of rotatable bonds is 8. The molecule has 2 aromatic rings. The highest BCUT2D eigenvalue weighted by Crippen LogP contribution is 2.05. The van der Waals surface area contributed by atoms with Crippen LogP contribution in [0.1, 0.15) is 23.9 Å². The van der Waals surface area contributed by atoms with Crippen LogP contribution >= 0.6 is 0 Å². The van der Waals surface area contributed by atoms with Gasteiger partial charge >= 0.3 is 0 Å². The molecule has 2 rings (SSSR count). The Morgan fingerprint density at radius 3 is 2.62 bits per heavy atom. The van der Waals surface area contributed by atoms with Crippen LogP contribution in [-0.2, 0) is 19.5 Å². The number of pyridine rings is 2. The molecule has 0 unspecified atom stereocenters. The predicted octanol–water partition coefficient (Wildman–Crippen LogP) is 2.26. The van der Waals surface area contributed by atoms with Crippen molar-refractivity contribution in [2.45, 2.75) is 26.4 Å². The van der Waals surface area contributed by atoms with E-state index in [-0.39, 0.29) is 0 Å². The molecular formula is C17H24N4. The summed E-state index contributed by atoms with van der Waals surface area (Å²) in [5, 5.41) is 3.31. The third-order valence-electron chi connectivity index (χ3n) is 3.38. The molecule has 2 aromatic heterocycles. The third-order valence-corrected chi connectivity index (χ3v) is 3.38. The quantitative estimate of drug-likeness (QED) is 0.807. The van der Waals surface area contributed by atoms with E-state index in [2.05, 4.69) is 59.5 Å². The Labute approximate surface area is 127 Å². The number of hydrogen-bond acceptors (Lipinski definition) is 4. The molecular weight excluding hydrogens is 260 g/mol. The lowest BCUT2D eigenvalue weighted by molar-refractivity contribution is 0.326. The van der Waals surface area contributed by atoms with Crippen molar-refractivity contribution in [1.82, 2.24) is 20.2 Å². The van der Waals surface area contributed by atoms with Crippen LogP contribution in [0, 0.1) is 0 Å². The van der Waals surface area contributed by atoms with E-state index in [9.17, 15) is 0 Å². The molecule has 0 aliphatic heterocycles. The van der Waals surface area contributed by atoms with Crippen LogP contribution in [0.25, 0.3) is 0 Å². The molecule has 0 fully saturated rings. The van der Waals surface area contributed by atoms with Crippen LogP contribution in [0.4, 0.5) is 0 Å². The highest BCUT2D eigenvalue weighted by molar-refractivity contribution is 5.12. The number of hydrogen-bond donors (Lipinski definition) is 1. The summed E-state index contributed by atoms with van der Waals surface area (Å²) in [7, 11) is 2.14. The first-order valence-corrected chi connectivity index (χ1v) is 7.51. The second kappa shape index (κ2) is 8.49. The monoisotopic (exact) mass is 284 g/mol. The Kier molecular flexibility index (Phi) is 6.31. The van der Waals surface area contributed by atoms with Gasteiger partial charge in [0.25, 0.3) is 0 Å². The van der Waals surface area contributed by atoms with Gasteiger partial charge in [-0.2, -0.15) is 0 Å². The van der Waals surface area contributed by atoms with Gasteiger partial charge in [0.1, 0.15) is 0 Å². The van der Waals surface area contributed by atoms with Gasteiger partial charge in [0.15, 0.2) is 0 Å². The van der Waals surface area contributed by atoms with E-state index in [1.807, 2.05) is 12.4 Å². The second-order valence-corrected chi connectivity index (χ2v) is 5.24. The molecule has 21 heavy (non-hydrogen) atoms. The molecule has 2 heterocycles. The molecule has 0 bridgehead atoms. The van der Waals surface area contributed by atoms with Crippen molar-refractivity contribution in [2.75, 3.05) is 20.1 Å². The second-order valence-electron chi connectivity index (χ2n) is 5.24.